The van der Waals surface area contributed by atoms with Crippen LogP contribution in [0.15, 0.2) is 45.6 Å². The van der Waals surface area contributed by atoms with Gasteiger partial charge in [-0.25, -0.2) is 9.59 Å². The van der Waals surface area contributed by atoms with Gasteiger partial charge in [-0.1, -0.05) is 30.3 Å². The van der Waals surface area contributed by atoms with Gasteiger partial charge >= 0.3 is 11.6 Å². The molecule has 0 radical (unpaired) electrons. The highest BCUT2D eigenvalue weighted by Crippen LogP contribution is 2.19. The van der Waals surface area contributed by atoms with E-state index in [4.69, 9.17) is 9.15 Å². The molecule has 1 aromatic carbocycles. The Kier molecular flexibility index (Phi) is 3.80. The van der Waals surface area contributed by atoms with Crippen LogP contribution in [-0.2, 0) is 4.74 Å². The molecule has 0 aliphatic carbocycles. The SMILES string of the molecule is CCOC(=O)c1c(C)cc(-c2ccccc2)oc1=O. The summed E-state index contributed by atoms with van der Waals surface area (Å²) >= 11 is 0. The van der Waals surface area contributed by atoms with Crippen LogP contribution in [0.1, 0.15) is 22.8 Å². The Hall–Kier alpha value is -2.36. The topological polar surface area (TPSA) is 56.5 Å². The molecule has 0 spiro atoms. The summed E-state index contributed by atoms with van der Waals surface area (Å²) in [4.78, 5) is 23.5. The van der Waals surface area contributed by atoms with Gasteiger partial charge in [-0.15, -0.1) is 0 Å². The monoisotopic (exact) mass is 258 g/mol. The van der Waals surface area contributed by atoms with Gasteiger partial charge in [0.15, 0.2) is 0 Å². The molecule has 1 heterocycles. The zero-order valence-corrected chi connectivity index (χ0v) is 10.8. The van der Waals surface area contributed by atoms with E-state index in [1.807, 2.05) is 30.3 Å². The summed E-state index contributed by atoms with van der Waals surface area (Å²) < 4.78 is 10.0. The van der Waals surface area contributed by atoms with Crippen molar-refractivity contribution >= 4 is 5.97 Å². The molecule has 0 atom stereocenters. The van der Waals surface area contributed by atoms with Crippen molar-refractivity contribution in [2.24, 2.45) is 0 Å². The number of ether oxygens (including phenoxy) is 1. The van der Waals surface area contributed by atoms with Crippen molar-refractivity contribution in [3.8, 4) is 11.3 Å². The van der Waals surface area contributed by atoms with Crippen LogP contribution in [0.5, 0.6) is 0 Å². The molecule has 0 amide bonds. The second-order valence-electron chi connectivity index (χ2n) is 4.04. The van der Waals surface area contributed by atoms with Gasteiger partial charge in [0.1, 0.15) is 11.3 Å². The quantitative estimate of drug-likeness (QED) is 0.794. The third-order valence-corrected chi connectivity index (χ3v) is 2.69. The molecule has 98 valence electrons. The number of benzene rings is 1. The molecule has 0 saturated heterocycles. The van der Waals surface area contributed by atoms with Gasteiger partial charge < -0.3 is 9.15 Å². The van der Waals surface area contributed by atoms with Crippen LogP contribution in [0.2, 0.25) is 0 Å². The van der Waals surface area contributed by atoms with E-state index in [0.29, 0.717) is 11.3 Å². The fraction of sp³-hybridized carbons (Fsp3) is 0.200. The minimum absolute atomic E-state index is 0.0402. The Bertz CT molecular complexity index is 641. The standard InChI is InChI=1S/C15H14O4/c1-3-18-14(16)13-10(2)9-12(19-15(13)17)11-7-5-4-6-8-11/h4-9H,3H2,1-2H3. The minimum Gasteiger partial charge on any atom is -0.462 e. The van der Waals surface area contributed by atoms with Gasteiger partial charge in [-0.3, -0.25) is 0 Å². The minimum atomic E-state index is -0.669. The first kappa shape index (κ1) is 13.1. The largest absolute Gasteiger partial charge is 0.462 e. The first-order valence-electron chi connectivity index (χ1n) is 6.00. The number of rotatable bonds is 3. The summed E-state index contributed by atoms with van der Waals surface area (Å²) in [6.07, 6.45) is 0. The van der Waals surface area contributed by atoms with E-state index >= 15 is 0 Å². The van der Waals surface area contributed by atoms with Gasteiger partial charge in [-0.05, 0) is 25.5 Å². The highest BCUT2D eigenvalue weighted by atomic mass is 16.5. The number of aryl methyl sites for hydroxylation is 1. The van der Waals surface area contributed by atoms with E-state index in [2.05, 4.69) is 0 Å². The molecule has 4 heteroatoms. The number of carbonyl (C=O) groups excluding carboxylic acids is 1. The summed E-state index contributed by atoms with van der Waals surface area (Å²) in [5.41, 5.74) is 0.630. The van der Waals surface area contributed by atoms with Crippen LogP contribution >= 0.6 is 0 Å². The summed E-state index contributed by atoms with van der Waals surface area (Å²) in [6.45, 7) is 3.60. The molecule has 0 saturated carbocycles. The number of esters is 1. The van der Waals surface area contributed by atoms with E-state index in [1.165, 1.54) is 0 Å². The average molecular weight is 258 g/mol. The molecule has 4 nitrogen and oxygen atoms in total. The first-order chi connectivity index (χ1) is 9.13. The molecule has 0 aliphatic rings. The average Bonchev–Trinajstić information content (AvgIpc) is 2.39. The fourth-order valence-corrected chi connectivity index (χ4v) is 1.80. The third kappa shape index (κ3) is 2.73. The van der Waals surface area contributed by atoms with Gasteiger partial charge in [0, 0.05) is 5.56 Å². The Morgan fingerprint density at radius 1 is 1.26 bits per heavy atom. The van der Waals surface area contributed by atoms with Crippen LogP contribution in [0, 0.1) is 6.92 Å². The van der Waals surface area contributed by atoms with Gasteiger partial charge in [-0.2, -0.15) is 0 Å². The van der Waals surface area contributed by atoms with Crippen LogP contribution in [-0.4, -0.2) is 12.6 Å². The summed E-state index contributed by atoms with van der Waals surface area (Å²) in [6, 6.07) is 10.9. The summed E-state index contributed by atoms with van der Waals surface area (Å²) in [7, 11) is 0. The molecule has 0 N–H and O–H groups in total. The first-order valence-corrected chi connectivity index (χ1v) is 6.00. The summed E-state index contributed by atoms with van der Waals surface area (Å²) in [5, 5.41) is 0. The van der Waals surface area contributed by atoms with Crippen molar-refractivity contribution in [1.29, 1.82) is 0 Å². The van der Waals surface area contributed by atoms with Crippen molar-refractivity contribution in [3.63, 3.8) is 0 Å². The van der Waals surface area contributed by atoms with E-state index in [0.717, 1.165) is 5.56 Å². The number of carbonyl (C=O) groups is 1. The molecular weight excluding hydrogens is 244 g/mol. The zero-order chi connectivity index (χ0) is 13.8. The highest BCUT2D eigenvalue weighted by Gasteiger charge is 2.18. The van der Waals surface area contributed by atoms with Crippen LogP contribution in [0.4, 0.5) is 0 Å². The van der Waals surface area contributed by atoms with Crippen molar-refractivity contribution in [1.82, 2.24) is 0 Å². The van der Waals surface area contributed by atoms with Gasteiger partial charge in [0.2, 0.25) is 0 Å². The van der Waals surface area contributed by atoms with Crippen LogP contribution in [0.3, 0.4) is 0 Å². The molecule has 0 bridgehead atoms. The normalized spacial score (nSPS) is 10.2. The molecule has 0 fully saturated rings. The zero-order valence-electron chi connectivity index (χ0n) is 10.8. The Balaban J connectivity index is 2.49. The lowest BCUT2D eigenvalue weighted by molar-refractivity contribution is 0.0520. The Morgan fingerprint density at radius 2 is 1.95 bits per heavy atom. The van der Waals surface area contributed by atoms with Crippen LogP contribution in [0.25, 0.3) is 11.3 Å². The van der Waals surface area contributed by atoms with Crippen molar-refractivity contribution in [3.05, 3.63) is 57.9 Å². The smallest absolute Gasteiger partial charge is 0.351 e. The highest BCUT2D eigenvalue weighted by molar-refractivity contribution is 5.90. The van der Waals surface area contributed by atoms with Crippen molar-refractivity contribution in [2.75, 3.05) is 6.61 Å². The predicted octanol–water partition coefficient (Wildman–Crippen LogP) is 2.79. The van der Waals surface area contributed by atoms with Crippen LogP contribution < -0.4 is 5.63 Å². The maximum atomic E-state index is 11.9. The molecule has 1 aromatic heterocycles. The van der Waals surface area contributed by atoms with Crippen molar-refractivity contribution < 1.29 is 13.9 Å². The maximum absolute atomic E-state index is 11.9. The number of hydrogen-bond donors (Lipinski definition) is 0. The molecule has 2 aromatic rings. The lowest BCUT2D eigenvalue weighted by Crippen LogP contribution is -2.18. The summed E-state index contributed by atoms with van der Waals surface area (Å²) in [5.74, 6) is -0.204. The Morgan fingerprint density at radius 3 is 2.53 bits per heavy atom. The second kappa shape index (κ2) is 5.52. The molecule has 0 unspecified atom stereocenters. The van der Waals surface area contributed by atoms with E-state index in [1.54, 1.807) is 19.9 Å². The van der Waals surface area contributed by atoms with E-state index in [-0.39, 0.29) is 12.2 Å². The molecule has 0 aliphatic heterocycles. The fourth-order valence-electron chi connectivity index (χ4n) is 1.80. The predicted molar refractivity (Wildman–Crippen MR) is 71.1 cm³/mol. The lowest BCUT2D eigenvalue weighted by atomic mass is 10.1. The number of hydrogen-bond acceptors (Lipinski definition) is 4. The van der Waals surface area contributed by atoms with E-state index in [9.17, 15) is 9.59 Å². The third-order valence-electron chi connectivity index (χ3n) is 2.69. The Labute approximate surface area is 110 Å². The molecule has 2 rings (SSSR count). The second-order valence-corrected chi connectivity index (χ2v) is 4.04. The molecular formula is C15H14O4. The van der Waals surface area contributed by atoms with Gasteiger partial charge in [0.25, 0.3) is 0 Å². The lowest BCUT2D eigenvalue weighted by Gasteiger charge is -2.06. The maximum Gasteiger partial charge on any atom is 0.351 e. The van der Waals surface area contributed by atoms with Crippen molar-refractivity contribution in [2.45, 2.75) is 13.8 Å². The van der Waals surface area contributed by atoms with Gasteiger partial charge in [0.05, 0.1) is 6.61 Å². The molecule has 19 heavy (non-hydrogen) atoms. The van der Waals surface area contributed by atoms with E-state index < -0.39 is 11.6 Å².